The number of pyridine rings is 1. The van der Waals surface area contributed by atoms with Crippen LogP contribution < -0.4 is 15.4 Å². The van der Waals surface area contributed by atoms with Crippen LogP contribution in [0.5, 0.6) is 11.5 Å². The molecule has 1 amide bonds. The number of amides is 1. The number of hydrogen-bond acceptors (Lipinski definition) is 7. The highest BCUT2D eigenvalue weighted by molar-refractivity contribution is 7.21. The lowest BCUT2D eigenvalue weighted by atomic mass is 9.97. The first-order chi connectivity index (χ1) is 16.5. The number of carboxylic acids is 1. The van der Waals surface area contributed by atoms with Gasteiger partial charge in [0.15, 0.2) is 11.6 Å². The summed E-state index contributed by atoms with van der Waals surface area (Å²) in [6.45, 7) is 1.39. The number of benzene rings is 1. The van der Waals surface area contributed by atoms with Crippen LogP contribution in [0.1, 0.15) is 35.4 Å². The Kier molecular flexibility index (Phi) is 6.34. The van der Waals surface area contributed by atoms with Gasteiger partial charge in [-0.15, -0.1) is 11.3 Å². The fourth-order valence-corrected chi connectivity index (χ4v) is 5.02. The van der Waals surface area contributed by atoms with Crippen LogP contribution in [0.2, 0.25) is 0 Å². The molecule has 0 unspecified atom stereocenters. The number of carboxylic acid groups (broad SMARTS) is 1. The van der Waals surface area contributed by atoms with Gasteiger partial charge in [0.05, 0.1) is 27.7 Å². The zero-order chi connectivity index (χ0) is 23.7. The van der Waals surface area contributed by atoms with Crippen molar-refractivity contribution in [3.8, 4) is 11.5 Å². The Labute approximate surface area is 199 Å². The Bertz CT molecular complexity index is 1220. The molecule has 178 valence electrons. The van der Waals surface area contributed by atoms with Crippen molar-refractivity contribution in [3.05, 3.63) is 47.2 Å². The highest BCUT2D eigenvalue weighted by Crippen LogP contribution is 2.37. The fourth-order valence-electron chi connectivity index (χ4n) is 3.98. The van der Waals surface area contributed by atoms with Crippen LogP contribution in [0.25, 0.3) is 10.2 Å². The van der Waals surface area contributed by atoms with Gasteiger partial charge in [-0.25, -0.2) is 4.39 Å². The summed E-state index contributed by atoms with van der Waals surface area (Å²) in [5.74, 6) is -1.35. The number of aliphatic carboxylic acids is 1. The molecule has 3 aromatic rings. The Hall–Kier alpha value is -3.24. The second kappa shape index (κ2) is 9.55. The first kappa shape index (κ1) is 22.5. The Morgan fingerprint density at radius 1 is 1.15 bits per heavy atom. The average molecular weight is 485 g/mol. The minimum Gasteiger partial charge on any atom is -0.481 e. The van der Waals surface area contributed by atoms with E-state index >= 15 is 0 Å². The van der Waals surface area contributed by atoms with Crippen LogP contribution in [-0.2, 0) is 4.79 Å². The van der Waals surface area contributed by atoms with E-state index in [2.05, 4.69) is 15.6 Å². The average Bonchev–Trinajstić information content (AvgIpc) is 3.55. The van der Waals surface area contributed by atoms with Crippen molar-refractivity contribution in [3.63, 3.8) is 0 Å². The van der Waals surface area contributed by atoms with E-state index in [9.17, 15) is 14.0 Å². The lowest BCUT2D eigenvalue weighted by Crippen LogP contribution is -2.39. The largest absolute Gasteiger partial charge is 0.481 e. The van der Waals surface area contributed by atoms with Gasteiger partial charge < -0.3 is 20.1 Å². The number of rotatable bonds is 8. The maximum Gasteiger partial charge on any atom is 0.306 e. The summed E-state index contributed by atoms with van der Waals surface area (Å²) in [4.78, 5) is 30.7. The maximum atomic E-state index is 14.7. The number of halogens is 1. The molecule has 0 radical (unpaired) electrons. The minimum atomic E-state index is -0.814. The summed E-state index contributed by atoms with van der Waals surface area (Å²) in [6, 6.07) is 8.65. The van der Waals surface area contributed by atoms with Gasteiger partial charge in [0, 0.05) is 43.1 Å². The topological polar surface area (TPSA) is 104 Å². The number of ether oxygens (including phenoxy) is 1. The zero-order valence-electron chi connectivity index (χ0n) is 18.4. The third-order valence-corrected chi connectivity index (χ3v) is 7.26. The molecule has 1 saturated carbocycles. The molecule has 1 aliphatic carbocycles. The van der Waals surface area contributed by atoms with E-state index in [-0.39, 0.29) is 11.7 Å². The van der Waals surface area contributed by atoms with Gasteiger partial charge in [0.25, 0.3) is 5.91 Å². The van der Waals surface area contributed by atoms with Gasteiger partial charge in [-0.1, -0.05) is 0 Å². The number of nitrogens with zero attached hydrogens (tertiary/aromatic N) is 2. The van der Waals surface area contributed by atoms with Crippen LogP contribution in [-0.4, -0.2) is 52.7 Å². The Morgan fingerprint density at radius 3 is 2.65 bits per heavy atom. The molecule has 0 spiro atoms. The molecule has 2 aliphatic rings. The standard InChI is InChI=1S/C24H25FN4O4S/c25-17-11-16(28-13-27-15-1-2-15)3-4-19(17)33-20-5-8-26-18-12-21(34-22(18)20)23(30)29-9-6-14(7-10-29)24(31)32/h3-5,8,11-12,14-15,27-28H,1-2,6-7,9-10,13H2,(H,31,32). The van der Waals surface area contributed by atoms with Crippen molar-refractivity contribution >= 4 is 39.1 Å². The molecule has 2 fully saturated rings. The number of likely N-dealkylation sites (tertiary alicyclic amines) is 1. The summed E-state index contributed by atoms with van der Waals surface area (Å²) < 4.78 is 21.2. The molecule has 2 aromatic heterocycles. The van der Waals surface area contributed by atoms with Gasteiger partial charge in [-0.05, 0) is 43.9 Å². The zero-order valence-corrected chi connectivity index (χ0v) is 19.2. The number of thiophene rings is 1. The van der Waals surface area contributed by atoms with E-state index in [0.29, 0.717) is 65.2 Å². The predicted octanol–water partition coefficient (Wildman–Crippen LogP) is 4.29. The highest BCUT2D eigenvalue weighted by atomic mass is 32.1. The lowest BCUT2D eigenvalue weighted by Gasteiger charge is -2.29. The van der Waals surface area contributed by atoms with Gasteiger partial charge in [-0.2, -0.15) is 0 Å². The van der Waals surface area contributed by atoms with E-state index < -0.39 is 17.7 Å². The minimum absolute atomic E-state index is 0.0882. The number of fused-ring (bicyclic) bond motifs is 1. The first-order valence-electron chi connectivity index (χ1n) is 11.3. The van der Waals surface area contributed by atoms with Crippen LogP contribution in [0.4, 0.5) is 10.1 Å². The summed E-state index contributed by atoms with van der Waals surface area (Å²) >= 11 is 1.24. The van der Waals surface area contributed by atoms with Gasteiger partial charge in [-0.3, -0.25) is 19.9 Å². The molecule has 1 aromatic carbocycles. The molecular weight excluding hydrogens is 459 g/mol. The predicted molar refractivity (Wildman–Crippen MR) is 127 cm³/mol. The number of aromatic nitrogens is 1. The molecule has 3 N–H and O–H groups in total. The fraction of sp³-hybridized carbons (Fsp3) is 0.375. The van der Waals surface area contributed by atoms with E-state index in [1.165, 1.54) is 30.2 Å². The van der Waals surface area contributed by atoms with E-state index in [4.69, 9.17) is 9.84 Å². The van der Waals surface area contributed by atoms with Crippen LogP contribution in [0.3, 0.4) is 0 Å². The van der Waals surface area contributed by atoms with Crippen LogP contribution >= 0.6 is 11.3 Å². The summed E-state index contributed by atoms with van der Waals surface area (Å²) in [7, 11) is 0. The number of piperidine rings is 1. The van der Waals surface area contributed by atoms with Crippen LogP contribution in [0, 0.1) is 11.7 Å². The molecule has 3 heterocycles. The smallest absolute Gasteiger partial charge is 0.306 e. The monoisotopic (exact) mass is 484 g/mol. The van der Waals surface area contributed by atoms with E-state index in [0.717, 1.165) is 0 Å². The highest BCUT2D eigenvalue weighted by Gasteiger charge is 2.28. The Balaban J connectivity index is 1.29. The van der Waals surface area contributed by atoms with E-state index in [1.807, 2.05) is 0 Å². The van der Waals surface area contributed by atoms with Crippen molar-refractivity contribution in [2.24, 2.45) is 5.92 Å². The number of nitrogens with one attached hydrogen (secondary N) is 2. The van der Waals surface area contributed by atoms with Gasteiger partial charge in [0.2, 0.25) is 0 Å². The molecule has 1 saturated heterocycles. The number of hydrogen-bond donors (Lipinski definition) is 3. The molecule has 1 aliphatic heterocycles. The summed E-state index contributed by atoms with van der Waals surface area (Å²) in [5.41, 5.74) is 1.25. The van der Waals surface area contributed by atoms with Crippen molar-refractivity contribution in [2.75, 3.05) is 25.1 Å². The number of carbonyl (C=O) groups is 2. The molecule has 0 atom stereocenters. The molecule has 8 nitrogen and oxygen atoms in total. The van der Waals surface area contributed by atoms with Crippen LogP contribution in [0.15, 0.2) is 36.5 Å². The van der Waals surface area contributed by atoms with Crippen molar-refractivity contribution in [1.29, 1.82) is 0 Å². The quantitative estimate of drug-likeness (QED) is 0.410. The summed E-state index contributed by atoms with van der Waals surface area (Å²) in [6.07, 6.45) is 4.82. The number of carbonyl (C=O) groups excluding carboxylic acids is 1. The van der Waals surface area contributed by atoms with Crippen molar-refractivity contribution in [1.82, 2.24) is 15.2 Å². The normalized spacial score (nSPS) is 16.6. The van der Waals surface area contributed by atoms with Gasteiger partial charge >= 0.3 is 5.97 Å². The third-order valence-electron chi connectivity index (χ3n) is 6.13. The lowest BCUT2D eigenvalue weighted by molar-refractivity contribution is -0.143. The van der Waals surface area contributed by atoms with Crippen molar-refractivity contribution < 1.29 is 23.8 Å². The molecule has 5 rings (SSSR count). The van der Waals surface area contributed by atoms with E-state index in [1.54, 1.807) is 35.4 Å². The maximum absolute atomic E-state index is 14.7. The Morgan fingerprint density at radius 2 is 1.94 bits per heavy atom. The molecule has 10 heteroatoms. The second-order valence-corrected chi connectivity index (χ2v) is 9.67. The molecule has 34 heavy (non-hydrogen) atoms. The second-order valence-electron chi connectivity index (χ2n) is 8.62. The van der Waals surface area contributed by atoms with Gasteiger partial charge in [0.1, 0.15) is 5.75 Å². The molecular formula is C24H25FN4O4S. The summed E-state index contributed by atoms with van der Waals surface area (Å²) in [5, 5.41) is 15.6. The van der Waals surface area contributed by atoms with Crippen molar-refractivity contribution in [2.45, 2.75) is 31.7 Å². The molecule has 0 bridgehead atoms. The number of anilines is 1. The SMILES string of the molecule is O=C(O)C1CCN(C(=O)c2cc3nccc(Oc4ccc(NCNC5CC5)cc4F)c3s2)CC1. The third kappa shape index (κ3) is 4.97. The first-order valence-corrected chi connectivity index (χ1v) is 12.1.